The molecule has 1 fully saturated rings. The summed E-state index contributed by atoms with van der Waals surface area (Å²) in [7, 11) is 0. The monoisotopic (exact) mass is 397 g/mol. The number of hydrogen-bond donors (Lipinski definition) is 1. The Balaban J connectivity index is 1.84. The van der Waals surface area contributed by atoms with Gasteiger partial charge >= 0.3 is 12.5 Å². The average Bonchev–Trinajstić information content (AvgIpc) is 3.21. The molecule has 0 bridgehead atoms. The number of likely N-dealkylation sites (tertiary alicyclic amines) is 1. The van der Waals surface area contributed by atoms with Crippen LogP contribution >= 0.6 is 0 Å². The van der Waals surface area contributed by atoms with Crippen molar-refractivity contribution in [3.05, 3.63) is 36.0 Å². The molecule has 1 aromatic carbocycles. The van der Waals surface area contributed by atoms with Crippen molar-refractivity contribution in [2.24, 2.45) is 0 Å². The molecule has 152 valence electrons. The van der Waals surface area contributed by atoms with E-state index in [2.05, 4.69) is 14.9 Å². The molecule has 1 aromatic heterocycles. The van der Waals surface area contributed by atoms with E-state index in [9.17, 15) is 18.0 Å². The Morgan fingerprint density at radius 3 is 2.64 bits per heavy atom. The number of nitrogens with zero attached hydrogens (tertiary/aromatic N) is 2. The van der Waals surface area contributed by atoms with Gasteiger partial charge in [-0.05, 0) is 51.8 Å². The lowest BCUT2D eigenvalue weighted by atomic mass is 10.1. The van der Waals surface area contributed by atoms with E-state index in [0.717, 1.165) is 6.42 Å². The Morgan fingerprint density at radius 2 is 1.96 bits per heavy atom. The van der Waals surface area contributed by atoms with Crippen LogP contribution in [0.1, 0.15) is 45.3 Å². The molecule has 28 heavy (non-hydrogen) atoms. The number of amides is 1. The van der Waals surface area contributed by atoms with Crippen molar-refractivity contribution in [1.29, 1.82) is 0 Å². The van der Waals surface area contributed by atoms with E-state index in [-0.39, 0.29) is 17.4 Å². The summed E-state index contributed by atoms with van der Waals surface area (Å²) < 4.78 is 47.5. The number of nitrogens with one attached hydrogen (secondary N) is 1. The van der Waals surface area contributed by atoms with Gasteiger partial charge in [0.1, 0.15) is 11.4 Å². The molecule has 3 rings (SSSR count). The summed E-state index contributed by atoms with van der Waals surface area (Å²) in [5.41, 5.74) is 0.548. The van der Waals surface area contributed by atoms with Gasteiger partial charge in [-0.15, -0.1) is 13.2 Å². The standard InChI is InChI=1S/C19H22F3N3O3/c1-18(2,3)28-17(26)25-10-6-8-15(25)14-11-13(23-24-14)12-7-4-5-9-16(12)27-19(20,21)22/h4-5,7,9,11,15H,6,8,10H2,1-3H3,(H,23,24)/t15-/m0/s1. The summed E-state index contributed by atoms with van der Waals surface area (Å²) in [5.74, 6) is -0.330. The number of ether oxygens (including phenoxy) is 2. The largest absolute Gasteiger partial charge is 0.573 e. The lowest BCUT2D eigenvalue weighted by Crippen LogP contribution is -2.36. The van der Waals surface area contributed by atoms with Crippen LogP contribution in [0.25, 0.3) is 11.3 Å². The van der Waals surface area contributed by atoms with Gasteiger partial charge in [0, 0.05) is 12.1 Å². The number of benzene rings is 1. The van der Waals surface area contributed by atoms with Gasteiger partial charge in [-0.1, -0.05) is 12.1 Å². The highest BCUT2D eigenvalue weighted by atomic mass is 19.4. The minimum Gasteiger partial charge on any atom is -0.444 e. The molecule has 0 aliphatic carbocycles. The Kier molecular flexibility index (Phi) is 5.27. The fourth-order valence-corrected chi connectivity index (χ4v) is 3.17. The number of aromatic nitrogens is 2. The molecular weight excluding hydrogens is 375 g/mol. The normalized spacial score (nSPS) is 17.6. The topological polar surface area (TPSA) is 67.4 Å². The van der Waals surface area contributed by atoms with E-state index in [0.29, 0.717) is 24.4 Å². The molecule has 0 saturated carbocycles. The van der Waals surface area contributed by atoms with Crippen LogP contribution in [-0.2, 0) is 4.74 Å². The number of H-pyrrole nitrogens is 1. The van der Waals surface area contributed by atoms with Gasteiger partial charge in [-0.25, -0.2) is 4.79 Å². The van der Waals surface area contributed by atoms with E-state index < -0.39 is 18.1 Å². The highest BCUT2D eigenvalue weighted by molar-refractivity contribution is 5.70. The fraction of sp³-hybridized carbons (Fsp3) is 0.474. The third-order valence-electron chi connectivity index (χ3n) is 4.23. The van der Waals surface area contributed by atoms with Gasteiger partial charge in [-0.2, -0.15) is 5.10 Å². The maximum absolute atomic E-state index is 12.7. The van der Waals surface area contributed by atoms with Crippen molar-refractivity contribution < 1.29 is 27.4 Å². The van der Waals surface area contributed by atoms with Crippen molar-refractivity contribution in [2.45, 2.75) is 51.6 Å². The summed E-state index contributed by atoms with van der Waals surface area (Å²) in [4.78, 5) is 14.1. The molecule has 1 atom stereocenters. The zero-order valence-corrected chi connectivity index (χ0v) is 15.8. The van der Waals surface area contributed by atoms with Gasteiger partial charge in [-0.3, -0.25) is 10.00 Å². The molecule has 1 aliphatic heterocycles. The van der Waals surface area contributed by atoms with E-state index in [4.69, 9.17) is 4.74 Å². The molecule has 2 aromatic rings. The third-order valence-corrected chi connectivity index (χ3v) is 4.23. The molecule has 9 heteroatoms. The lowest BCUT2D eigenvalue weighted by molar-refractivity contribution is -0.274. The van der Waals surface area contributed by atoms with Crippen LogP contribution in [0.3, 0.4) is 0 Å². The van der Waals surface area contributed by atoms with Gasteiger partial charge in [0.2, 0.25) is 0 Å². The second-order valence-electron chi connectivity index (χ2n) is 7.58. The number of hydrogen-bond acceptors (Lipinski definition) is 4. The quantitative estimate of drug-likeness (QED) is 0.787. The summed E-state index contributed by atoms with van der Waals surface area (Å²) in [6.07, 6.45) is -3.71. The minimum absolute atomic E-state index is 0.212. The summed E-state index contributed by atoms with van der Waals surface area (Å²) in [6, 6.07) is 7.17. The number of rotatable bonds is 3. The highest BCUT2D eigenvalue weighted by Gasteiger charge is 2.35. The number of carbonyl (C=O) groups is 1. The molecule has 0 unspecified atom stereocenters. The maximum atomic E-state index is 12.7. The molecule has 6 nitrogen and oxygen atoms in total. The van der Waals surface area contributed by atoms with Gasteiger partial charge < -0.3 is 9.47 Å². The molecule has 1 saturated heterocycles. The smallest absolute Gasteiger partial charge is 0.444 e. The number of carbonyl (C=O) groups excluding carboxylic acids is 1. The Labute approximate surface area is 160 Å². The SMILES string of the molecule is CC(C)(C)OC(=O)N1CCC[C@H]1c1cc(-c2ccccc2OC(F)(F)F)n[nH]1. The molecule has 1 aliphatic rings. The van der Waals surface area contributed by atoms with Crippen LogP contribution in [0.15, 0.2) is 30.3 Å². The molecule has 0 radical (unpaired) electrons. The van der Waals surface area contributed by atoms with E-state index in [1.165, 1.54) is 18.2 Å². The Bertz CT molecular complexity index is 843. The predicted octanol–water partition coefficient (Wildman–Crippen LogP) is 5.05. The molecule has 1 amide bonds. The van der Waals surface area contributed by atoms with Crippen LogP contribution in [0.4, 0.5) is 18.0 Å². The van der Waals surface area contributed by atoms with Crippen molar-refractivity contribution in [3.8, 4) is 17.0 Å². The first-order valence-corrected chi connectivity index (χ1v) is 8.93. The third kappa shape index (κ3) is 4.76. The maximum Gasteiger partial charge on any atom is 0.573 e. The second kappa shape index (κ2) is 7.37. The predicted molar refractivity (Wildman–Crippen MR) is 95.6 cm³/mol. The zero-order valence-electron chi connectivity index (χ0n) is 15.8. The van der Waals surface area contributed by atoms with Crippen molar-refractivity contribution in [2.75, 3.05) is 6.54 Å². The van der Waals surface area contributed by atoms with E-state index in [1.54, 1.807) is 37.8 Å². The van der Waals surface area contributed by atoms with Crippen LogP contribution in [0.5, 0.6) is 5.75 Å². The molecular formula is C19H22F3N3O3. The Morgan fingerprint density at radius 1 is 1.25 bits per heavy atom. The summed E-state index contributed by atoms with van der Waals surface area (Å²) >= 11 is 0. The van der Waals surface area contributed by atoms with Crippen LogP contribution in [0.2, 0.25) is 0 Å². The highest BCUT2D eigenvalue weighted by Crippen LogP contribution is 2.37. The lowest BCUT2D eigenvalue weighted by Gasteiger charge is -2.28. The first-order chi connectivity index (χ1) is 13.0. The molecule has 1 N–H and O–H groups in total. The fourth-order valence-electron chi connectivity index (χ4n) is 3.17. The summed E-state index contributed by atoms with van der Waals surface area (Å²) in [6.45, 7) is 5.92. The van der Waals surface area contributed by atoms with Gasteiger partial charge in [0.05, 0.1) is 17.4 Å². The summed E-state index contributed by atoms with van der Waals surface area (Å²) in [5, 5.41) is 6.99. The number of halogens is 3. The average molecular weight is 397 g/mol. The zero-order chi connectivity index (χ0) is 20.5. The van der Waals surface area contributed by atoms with E-state index >= 15 is 0 Å². The molecule has 0 spiro atoms. The first-order valence-electron chi connectivity index (χ1n) is 8.93. The van der Waals surface area contributed by atoms with Crippen LogP contribution in [-0.4, -0.2) is 39.7 Å². The second-order valence-corrected chi connectivity index (χ2v) is 7.58. The first kappa shape index (κ1) is 20.0. The van der Waals surface area contributed by atoms with Crippen molar-refractivity contribution >= 4 is 6.09 Å². The Hall–Kier alpha value is -2.71. The van der Waals surface area contributed by atoms with Crippen LogP contribution in [0, 0.1) is 0 Å². The number of aromatic amines is 1. The van der Waals surface area contributed by atoms with Crippen LogP contribution < -0.4 is 4.74 Å². The van der Waals surface area contributed by atoms with Crippen molar-refractivity contribution in [1.82, 2.24) is 15.1 Å². The van der Waals surface area contributed by atoms with Crippen molar-refractivity contribution in [3.63, 3.8) is 0 Å². The van der Waals surface area contributed by atoms with Gasteiger partial charge in [0.15, 0.2) is 0 Å². The number of para-hydroxylation sites is 1. The minimum atomic E-state index is -4.80. The van der Waals surface area contributed by atoms with E-state index in [1.807, 2.05) is 0 Å². The number of alkyl halides is 3. The van der Waals surface area contributed by atoms with Gasteiger partial charge in [0.25, 0.3) is 0 Å². The molecule has 2 heterocycles.